The average Bonchev–Trinajstić information content (AvgIpc) is 2.81. The minimum Gasteiger partial charge on any atom is -0.341 e. The first-order chi connectivity index (χ1) is 8.97. The van der Waals surface area contributed by atoms with Gasteiger partial charge in [-0.1, -0.05) is 25.4 Å². The van der Waals surface area contributed by atoms with Gasteiger partial charge in [0.15, 0.2) is 0 Å². The molecule has 1 aromatic carbocycles. The SMILES string of the molecule is CC(C)CC(N)c1ncc(-c2ccc(F)c(Cl)c2)[nH]1. The maximum Gasteiger partial charge on any atom is 0.141 e. The van der Waals surface area contributed by atoms with Crippen LogP contribution in [0.3, 0.4) is 0 Å². The molecule has 1 atom stereocenters. The standard InChI is InChI=1S/C14H17ClFN3/c1-8(2)5-12(17)14-18-7-13(19-14)9-3-4-11(16)10(15)6-9/h3-4,6-8,12H,5,17H2,1-2H3,(H,18,19). The molecule has 0 bridgehead atoms. The molecule has 1 aromatic heterocycles. The number of rotatable bonds is 4. The van der Waals surface area contributed by atoms with Crippen molar-refractivity contribution in [3.8, 4) is 11.3 Å². The summed E-state index contributed by atoms with van der Waals surface area (Å²) in [6.07, 6.45) is 2.55. The van der Waals surface area contributed by atoms with Crippen LogP contribution in [-0.2, 0) is 0 Å². The summed E-state index contributed by atoms with van der Waals surface area (Å²) in [4.78, 5) is 7.44. The maximum atomic E-state index is 13.1. The molecule has 2 rings (SSSR count). The predicted molar refractivity (Wildman–Crippen MR) is 75.4 cm³/mol. The lowest BCUT2D eigenvalue weighted by atomic mass is 10.0. The largest absolute Gasteiger partial charge is 0.341 e. The molecular formula is C14H17ClFN3. The van der Waals surface area contributed by atoms with E-state index < -0.39 is 5.82 Å². The van der Waals surface area contributed by atoms with Crippen LogP contribution in [0.15, 0.2) is 24.4 Å². The third-order valence-electron chi connectivity index (χ3n) is 2.90. The Balaban J connectivity index is 2.22. The highest BCUT2D eigenvalue weighted by atomic mass is 35.5. The Morgan fingerprint density at radius 1 is 1.42 bits per heavy atom. The smallest absolute Gasteiger partial charge is 0.141 e. The van der Waals surface area contributed by atoms with Crippen LogP contribution in [0.2, 0.25) is 5.02 Å². The van der Waals surface area contributed by atoms with Crippen molar-refractivity contribution < 1.29 is 4.39 Å². The molecule has 2 aromatic rings. The Morgan fingerprint density at radius 3 is 2.79 bits per heavy atom. The van der Waals surface area contributed by atoms with E-state index in [2.05, 4.69) is 23.8 Å². The summed E-state index contributed by atoms with van der Waals surface area (Å²) in [7, 11) is 0. The number of H-pyrrole nitrogens is 1. The number of aromatic amines is 1. The summed E-state index contributed by atoms with van der Waals surface area (Å²) in [5, 5.41) is 0.0973. The minimum atomic E-state index is -0.429. The molecule has 19 heavy (non-hydrogen) atoms. The summed E-state index contributed by atoms with van der Waals surface area (Å²) < 4.78 is 13.1. The van der Waals surface area contributed by atoms with E-state index in [0.29, 0.717) is 5.92 Å². The second-order valence-electron chi connectivity index (χ2n) is 5.05. The topological polar surface area (TPSA) is 54.7 Å². The third-order valence-corrected chi connectivity index (χ3v) is 3.19. The number of nitrogens with zero attached hydrogens (tertiary/aromatic N) is 1. The summed E-state index contributed by atoms with van der Waals surface area (Å²) >= 11 is 5.77. The van der Waals surface area contributed by atoms with Crippen molar-refractivity contribution in [2.45, 2.75) is 26.3 Å². The van der Waals surface area contributed by atoms with Gasteiger partial charge in [0.05, 0.1) is 23.0 Å². The number of nitrogens with one attached hydrogen (secondary N) is 1. The number of hydrogen-bond donors (Lipinski definition) is 2. The van der Waals surface area contributed by atoms with Gasteiger partial charge in [-0.05, 0) is 30.5 Å². The van der Waals surface area contributed by atoms with E-state index in [1.807, 2.05) is 0 Å². The Bertz CT molecular complexity index is 566. The van der Waals surface area contributed by atoms with Crippen molar-refractivity contribution in [2.75, 3.05) is 0 Å². The van der Waals surface area contributed by atoms with Crippen molar-refractivity contribution in [1.29, 1.82) is 0 Å². The van der Waals surface area contributed by atoms with E-state index in [-0.39, 0.29) is 11.1 Å². The minimum absolute atomic E-state index is 0.0973. The molecule has 102 valence electrons. The van der Waals surface area contributed by atoms with Gasteiger partial charge in [-0.15, -0.1) is 0 Å². The number of benzene rings is 1. The zero-order valence-electron chi connectivity index (χ0n) is 11.0. The molecule has 0 aliphatic carbocycles. The Kier molecular flexibility index (Phi) is 4.22. The maximum absolute atomic E-state index is 13.1. The summed E-state index contributed by atoms with van der Waals surface area (Å²) in [5.74, 6) is 0.814. The molecular weight excluding hydrogens is 265 g/mol. The molecule has 5 heteroatoms. The lowest BCUT2D eigenvalue weighted by molar-refractivity contribution is 0.496. The number of imidazole rings is 1. The summed E-state index contributed by atoms with van der Waals surface area (Å²) in [6.45, 7) is 4.23. The van der Waals surface area contributed by atoms with Crippen LogP contribution >= 0.6 is 11.6 Å². The number of hydrogen-bond acceptors (Lipinski definition) is 2. The summed E-state index contributed by atoms with van der Waals surface area (Å²) in [5.41, 5.74) is 7.64. The third kappa shape index (κ3) is 3.33. The van der Waals surface area contributed by atoms with Crippen molar-refractivity contribution in [3.05, 3.63) is 41.1 Å². The normalized spacial score (nSPS) is 12.9. The fourth-order valence-electron chi connectivity index (χ4n) is 1.95. The molecule has 0 spiro atoms. The van der Waals surface area contributed by atoms with E-state index in [9.17, 15) is 4.39 Å². The molecule has 0 saturated carbocycles. The van der Waals surface area contributed by atoms with Gasteiger partial charge in [0.25, 0.3) is 0 Å². The van der Waals surface area contributed by atoms with E-state index in [0.717, 1.165) is 23.5 Å². The van der Waals surface area contributed by atoms with Gasteiger partial charge in [-0.25, -0.2) is 9.37 Å². The number of halogens is 2. The van der Waals surface area contributed by atoms with E-state index in [1.165, 1.54) is 6.07 Å². The molecule has 1 heterocycles. The van der Waals surface area contributed by atoms with Crippen LogP contribution in [0.5, 0.6) is 0 Å². The van der Waals surface area contributed by atoms with Gasteiger partial charge in [0.1, 0.15) is 11.6 Å². The summed E-state index contributed by atoms with van der Waals surface area (Å²) in [6, 6.07) is 4.45. The van der Waals surface area contributed by atoms with Crippen molar-refractivity contribution in [1.82, 2.24) is 9.97 Å². The molecule has 0 amide bonds. The highest BCUT2D eigenvalue weighted by Gasteiger charge is 2.13. The van der Waals surface area contributed by atoms with Gasteiger partial charge in [0, 0.05) is 5.56 Å². The number of aromatic nitrogens is 2. The van der Waals surface area contributed by atoms with Gasteiger partial charge in [0.2, 0.25) is 0 Å². The van der Waals surface area contributed by atoms with Crippen LogP contribution in [0, 0.1) is 11.7 Å². The molecule has 3 N–H and O–H groups in total. The van der Waals surface area contributed by atoms with Gasteiger partial charge < -0.3 is 10.7 Å². The molecule has 0 aliphatic rings. The molecule has 0 radical (unpaired) electrons. The average molecular weight is 282 g/mol. The van der Waals surface area contributed by atoms with Crippen LogP contribution < -0.4 is 5.73 Å². The molecule has 0 saturated heterocycles. The van der Waals surface area contributed by atoms with Crippen LogP contribution in [0.4, 0.5) is 4.39 Å². The van der Waals surface area contributed by atoms with Crippen LogP contribution in [0.25, 0.3) is 11.3 Å². The van der Waals surface area contributed by atoms with Gasteiger partial charge >= 0.3 is 0 Å². The lowest BCUT2D eigenvalue weighted by Crippen LogP contribution is -2.14. The first kappa shape index (κ1) is 14.0. The van der Waals surface area contributed by atoms with E-state index >= 15 is 0 Å². The number of nitrogens with two attached hydrogens (primary N) is 1. The van der Waals surface area contributed by atoms with Crippen LogP contribution in [0.1, 0.15) is 32.1 Å². The predicted octanol–water partition coefficient (Wildman–Crippen LogP) is 3.92. The lowest BCUT2D eigenvalue weighted by Gasteiger charge is -2.11. The Morgan fingerprint density at radius 2 is 2.16 bits per heavy atom. The Labute approximate surface area is 117 Å². The van der Waals surface area contributed by atoms with Crippen molar-refractivity contribution in [3.63, 3.8) is 0 Å². The van der Waals surface area contributed by atoms with Crippen LogP contribution in [-0.4, -0.2) is 9.97 Å². The zero-order valence-corrected chi connectivity index (χ0v) is 11.7. The monoisotopic (exact) mass is 281 g/mol. The van der Waals surface area contributed by atoms with E-state index in [4.69, 9.17) is 17.3 Å². The highest BCUT2D eigenvalue weighted by molar-refractivity contribution is 6.31. The zero-order chi connectivity index (χ0) is 14.0. The molecule has 3 nitrogen and oxygen atoms in total. The van der Waals surface area contributed by atoms with E-state index in [1.54, 1.807) is 18.3 Å². The fourth-order valence-corrected chi connectivity index (χ4v) is 2.14. The first-order valence-electron chi connectivity index (χ1n) is 6.23. The quantitative estimate of drug-likeness (QED) is 0.892. The molecule has 1 unspecified atom stereocenters. The first-order valence-corrected chi connectivity index (χ1v) is 6.61. The fraction of sp³-hybridized carbons (Fsp3) is 0.357. The molecule has 0 aliphatic heterocycles. The van der Waals surface area contributed by atoms with Crippen molar-refractivity contribution >= 4 is 11.6 Å². The van der Waals surface area contributed by atoms with Gasteiger partial charge in [-0.3, -0.25) is 0 Å². The second kappa shape index (κ2) is 5.72. The molecule has 0 fully saturated rings. The van der Waals surface area contributed by atoms with Gasteiger partial charge in [-0.2, -0.15) is 0 Å². The highest BCUT2D eigenvalue weighted by Crippen LogP contribution is 2.25. The second-order valence-corrected chi connectivity index (χ2v) is 5.45. The van der Waals surface area contributed by atoms with Crippen molar-refractivity contribution in [2.24, 2.45) is 11.7 Å². The Hall–Kier alpha value is -1.39.